The second-order valence-corrected chi connectivity index (χ2v) is 6.07. The number of ether oxygens (including phenoxy) is 1. The maximum absolute atomic E-state index is 12.1. The van der Waals surface area contributed by atoms with Crippen LogP contribution in [0.3, 0.4) is 0 Å². The summed E-state index contributed by atoms with van der Waals surface area (Å²) in [7, 11) is 0. The van der Waals surface area contributed by atoms with Gasteiger partial charge in [-0.1, -0.05) is 11.3 Å². The van der Waals surface area contributed by atoms with E-state index in [1.807, 2.05) is 6.92 Å². The van der Waals surface area contributed by atoms with Crippen LogP contribution in [0.2, 0.25) is 0 Å². The average molecular weight is 343 g/mol. The zero-order chi connectivity index (χ0) is 13.4. The van der Waals surface area contributed by atoms with Gasteiger partial charge in [0.2, 0.25) is 0 Å². The monoisotopic (exact) mass is 342 g/mol. The van der Waals surface area contributed by atoms with Crippen molar-refractivity contribution in [1.29, 1.82) is 0 Å². The molecule has 0 bridgehead atoms. The number of halogens is 1. The molecule has 100 valence electrons. The van der Waals surface area contributed by atoms with Crippen LogP contribution in [0.15, 0.2) is 15.2 Å². The first-order valence-corrected chi connectivity index (χ1v) is 7.38. The first kappa shape index (κ1) is 12.8. The highest BCUT2D eigenvalue weighted by molar-refractivity contribution is 9.10. The number of nitrogens with zero attached hydrogens (tertiary/aromatic N) is 1. The van der Waals surface area contributed by atoms with Crippen LogP contribution in [0.4, 0.5) is 5.13 Å². The molecule has 19 heavy (non-hydrogen) atoms. The lowest BCUT2D eigenvalue weighted by Gasteiger charge is -2.08. The van der Waals surface area contributed by atoms with Crippen molar-refractivity contribution in [2.24, 2.45) is 0 Å². The number of furan rings is 1. The van der Waals surface area contributed by atoms with E-state index < -0.39 is 0 Å². The largest absolute Gasteiger partial charge is 0.444 e. The fraction of sp³-hybridized carbons (Fsp3) is 0.333. The summed E-state index contributed by atoms with van der Waals surface area (Å²) in [5, 5.41) is 3.36. The van der Waals surface area contributed by atoms with E-state index in [1.54, 1.807) is 6.07 Å². The van der Waals surface area contributed by atoms with Gasteiger partial charge in [0.25, 0.3) is 5.91 Å². The van der Waals surface area contributed by atoms with Gasteiger partial charge in [-0.15, -0.1) is 0 Å². The van der Waals surface area contributed by atoms with E-state index in [0.717, 1.165) is 22.6 Å². The quantitative estimate of drug-likeness (QED) is 0.910. The van der Waals surface area contributed by atoms with Gasteiger partial charge in [0.05, 0.1) is 23.8 Å². The van der Waals surface area contributed by atoms with E-state index in [9.17, 15) is 4.79 Å². The summed E-state index contributed by atoms with van der Waals surface area (Å²) in [6, 6.07) is 1.76. The summed E-state index contributed by atoms with van der Waals surface area (Å²) in [5.74, 6) is 0.0199. The van der Waals surface area contributed by atoms with Gasteiger partial charge in [0, 0.05) is 12.0 Å². The lowest BCUT2D eigenvalue weighted by molar-refractivity contribution is 0.0994. The highest BCUT2D eigenvalue weighted by Gasteiger charge is 2.19. The Balaban J connectivity index is 1.79. The molecule has 3 rings (SSSR count). The van der Waals surface area contributed by atoms with Crippen LogP contribution in [0.5, 0.6) is 0 Å². The topological polar surface area (TPSA) is 64.4 Å². The highest BCUT2D eigenvalue weighted by Crippen LogP contribution is 2.28. The summed E-state index contributed by atoms with van der Waals surface area (Å²) >= 11 is 4.66. The standard InChI is InChI=1S/C12H11BrN2O3S/c1-6-4-9(13)18-10(6)11(16)15-12-14-7-2-3-17-5-8(7)19-12/h4H,2-3,5H2,1H3,(H,14,15,16). The zero-order valence-corrected chi connectivity index (χ0v) is 12.6. The molecule has 0 saturated carbocycles. The Bertz CT molecular complexity index is 611. The van der Waals surface area contributed by atoms with Crippen LogP contribution in [0, 0.1) is 6.92 Å². The maximum atomic E-state index is 12.1. The minimum absolute atomic E-state index is 0.282. The number of fused-ring (bicyclic) bond motifs is 1. The molecular weight excluding hydrogens is 332 g/mol. The van der Waals surface area contributed by atoms with Crippen molar-refractivity contribution in [1.82, 2.24) is 4.98 Å². The van der Waals surface area contributed by atoms with Crippen molar-refractivity contribution in [2.75, 3.05) is 11.9 Å². The highest BCUT2D eigenvalue weighted by atomic mass is 79.9. The number of aryl methyl sites for hydroxylation is 1. The fourth-order valence-corrected chi connectivity index (χ4v) is 3.35. The van der Waals surface area contributed by atoms with Gasteiger partial charge in [-0.05, 0) is 28.9 Å². The van der Waals surface area contributed by atoms with E-state index in [2.05, 4.69) is 26.2 Å². The van der Waals surface area contributed by atoms with Crippen molar-refractivity contribution in [3.63, 3.8) is 0 Å². The van der Waals surface area contributed by atoms with Crippen molar-refractivity contribution in [3.8, 4) is 0 Å². The Kier molecular flexibility index (Phi) is 3.42. The summed E-state index contributed by atoms with van der Waals surface area (Å²) in [6.45, 7) is 3.09. The van der Waals surface area contributed by atoms with E-state index >= 15 is 0 Å². The average Bonchev–Trinajstić information content (AvgIpc) is 2.91. The molecule has 1 aliphatic heterocycles. The van der Waals surface area contributed by atoms with Gasteiger partial charge in [-0.25, -0.2) is 4.98 Å². The van der Waals surface area contributed by atoms with Crippen LogP contribution in [-0.2, 0) is 17.8 Å². The Morgan fingerprint density at radius 3 is 3.11 bits per heavy atom. The molecule has 0 radical (unpaired) electrons. The minimum atomic E-state index is -0.282. The third-order valence-electron chi connectivity index (χ3n) is 2.81. The summed E-state index contributed by atoms with van der Waals surface area (Å²) in [4.78, 5) is 17.6. The molecule has 0 aromatic carbocycles. The number of nitrogens with one attached hydrogen (secondary N) is 1. The molecule has 2 aromatic heterocycles. The number of amides is 1. The van der Waals surface area contributed by atoms with Gasteiger partial charge < -0.3 is 9.15 Å². The van der Waals surface area contributed by atoms with Crippen molar-refractivity contribution in [3.05, 3.63) is 32.6 Å². The number of hydrogen-bond donors (Lipinski definition) is 1. The van der Waals surface area contributed by atoms with Crippen molar-refractivity contribution in [2.45, 2.75) is 20.0 Å². The Morgan fingerprint density at radius 1 is 1.58 bits per heavy atom. The third-order valence-corrected chi connectivity index (χ3v) is 4.19. The SMILES string of the molecule is Cc1cc(Br)oc1C(=O)Nc1nc2c(s1)COCC2. The molecule has 0 spiro atoms. The Labute approximate surface area is 122 Å². The number of hydrogen-bond acceptors (Lipinski definition) is 5. The Hall–Kier alpha value is -1.18. The number of thiazole rings is 1. The predicted octanol–water partition coefficient (Wildman–Crippen LogP) is 3.13. The van der Waals surface area contributed by atoms with E-state index in [0.29, 0.717) is 28.8 Å². The van der Waals surface area contributed by atoms with Crippen LogP contribution in [0.1, 0.15) is 26.7 Å². The number of anilines is 1. The van der Waals surface area contributed by atoms with Crippen LogP contribution < -0.4 is 5.32 Å². The van der Waals surface area contributed by atoms with Crippen LogP contribution in [0.25, 0.3) is 0 Å². The minimum Gasteiger partial charge on any atom is -0.444 e. The van der Waals surface area contributed by atoms with Crippen LogP contribution >= 0.6 is 27.3 Å². The molecule has 0 fully saturated rings. The lowest BCUT2D eigenvalue weighted by atomic mass is 10.2. The smallest absolute Gasteiger partial charge is 0.293 e. The normalized spacial score (nSPS) is 14.2. The number of rotatable bonds is 2. The second kappa shape index (κ2) is 5.07. The predicted molar refractivity (Wildman–Crippen MR) is 74.6 cm³/mol. The third kappa shape index (κ3) is 2.58. The van der Waals surface area contributed by atoms with Gasteiger partial charge >= 0.3 is 0 Å². The molecule has 0 unspecified atom stereocenters. The Morgan fingerprint density at radius 2 is 2.42 bits per heavy atom. The summed E-state index contributed by atoms with van der Waals surface area (Å²) in [6.07, 6.45) is 0.799. The molecule has 2 aromatic rings. The number of carbonyl (C=O) groups excluding carboxylic acids is 1. The van der Waals surface area contributed by atoms with Gasteiger partial charge in [0.15, 0.2) is 15.6 Å². The molecular formula is C12H11BrN2O3S. The zero-order valence-electron chi connectivity index (χ0n) is 10.2. The molecule has 0 aliphatic carbocycles. The fourth-order valence-electron chi connectivity index (χ4n) is 1.90. The number of aromatic nitrogens is 1. The molecule has 3 heterocycles. The molecule has 1 amide bonds. The molecule has 1 N–H and O–H groups in total. The first-order chi connectivity index (χ1) is 9.13. The van der Waals surface area contributed by atoms with Crippen molar-refractivity contribution >= 4 is 38.3 Å². The van der Waals surface area contributed by atoms with Gasteiger partial charge in [-0.3, -0.25) is 10.1 Å². The number of carbonyl (C=O) groups is 1. The molecule has 5 nitrogen and oxygen atoms in total. The second-order valence-electron chi connectivity index (χ2n) is 4.21. The van der Waals surface area contributed by atoms with Gasteiger partial charge in [-0.2, -0.15) is 0 Å². The maximum Gasteiger partial charge on any atom is 0.293 e. The molecule has 0 atom stereocenters. The van der Waals surface area contributed by atoms with E-state index in [-0.39, 0.29) is 5.91 Å². The molecule has 0 saturated heterocycles. The van der Waals surface area contributed by atoms with Gasteiger partial charge in [0.1, 0.15) is 0 Å². The first-order valence-electron chi connectivity index (χ1n) is 5.77. The lowest BCUT2D eigenvalue weighted by Crippen LogP contribution is -2.12. The summed E-state index contributed by atoms with van der Waals surface area (Å²) < 4.78 is 11.2. The molecule has 7 heteroatoms. The van der Waals surface area contributed by atoms with Crippen molar-refractivity contribution < 1.29 is 13.9 Å². The van der Waals surface area contributed by atoms with Crippen LogP contribution in [-0.4, -0.2) is 17.5 Å². The van der Waals surface area contributed by atoms with E-state index in [1.165, 1.54) is 11.3 Å². The van der Waals surface area contributed by atoms with E-state index in [4.69, 9.17) is 9.15 Å². The summed E-state index contributed by atoms with van der Waals surface area (Å²) in [5.41, 5.74) is 1.80. The molecule has 1 aliphatic rings.